The van der Waals surface area contributed by atoms with E-state index < -0.39 is 0 Å². The second-order valence-corrected chi connectivity index (χ2v) is 5.81. The molecule has 1 atom stereocenters. The van der Waals surface area contributed by atoms with Crippen LogP contribution in [-0.4, -0.2) is 5.78 Å². The van der Waals surface area contributed by atoms with Crippen molar-refractivity contribution in [3.63, 3.8) is 0 Å². The lowest BCUT2D eigenvalue weighted by Gasteiger charge is -2.10. The quantitative estimate of drug-likeness (QED) is 0.713. The number of hydrogen-bond donors (Lipinski definition) is 0. The number of Topliss-reactive ketones (excluding diaryl/α,β-unsaturated/α-hetero) is 1. The van der Waals surface area contributed by atoms with Gasteiger partial charge in [-0.15, -0.1) is 0 Å². The predicted molar refractivity (Wildman–Crippen MR) is 71.4 cm³/mol. The lowest BCUT2D eigenvalue weighted by atomic mass is 9.93. The van der Waals surface area contributed by atoms with Gasteiger partial charge in [0.15, 0.2) is 5.78 Å². The molecule has 1 nitrogen and oxygen atoms in total. The van der Waals surface area contributed by atoms with Crippen LogP contribution in [0.4, 0.5) is 0 Å². The monoisotopic (exact) mass is 230 g/mol. The van der Waals surface area contributed by atoms with Crippen LogP contribution in [0.1, 0.15) is 55.6 Å². The first kappa shape index (κ1) is 12.3. The lowest BCUT2D eigenvalue weighted by molar-refractivity contribution is 0.0952. The van der Waals surface area contributed by atoms with Crippen LogP contribution in [0.25, 0.3) is 0 Å². The first-order valence-electron chi connectivity index (χ1n) is 6.65. The molecule has 1 fully saturated rings. The van der Waals surface area contributed by atoms with Crippen LogP contribution in [0.15, 0.2) is 18.2 Å². The van der Waals surface area contributed by atoms with E-state index >= 15 is 0 Å². The minimum Gasteiger partial charge on any atom is -0.294 e. The van der Waals surface area contributed by atoms with Crippen LogP contribution < -0.4 is 0 Å². The second kappa shape index (κ2) is 4.29. The first-order valence-corrected chi connectivity index (χ1v) is 6.65. The maximum Gasteiger partial charge on any atom is 0.166 e. The highest BCUT2D eigenvalue weighted by Gasteiger charge is 2.50. The zero-order valence-corrected chi connectivity index (χ0v) is 11.3. The Morgan fingerprint density at radius 2 is 1.94 bits per heavy atom. The van der Waals surface area contributed by atoms with E-state index in [4.69, 9.17) is 0 Å². The van der Waals surface area contributed by atoms with E-state index in [2.05, 4.69) is 45.9 Å². The van der Waals surface area contributed by atoms with E-state index in [0.29, 0.717) is 5.78 Å². The molecule has 1 aliphatic carbocycles. The molecule has 0 bridgehead atoms. The van der Waals surface area contributed by atoms with Gasteiger partial charge in [-0.3, -0.25) is 4.79 Å². The summed E-state index contributed by atoms with van der Waals surface area (Å²) in [6, 6.07) is 6.38. The number of ketones is 1. The van der Waals surface area contributed by atoms with Gasteiger partial charge in [0, 0.05) is 11.5 Å². The Bertz CT molecular complexity index is 443. The maximum atomic E-state index is 12.5. The molecule has 1 aromatic rings. The lowest BCUT2D eigenvalue weighted by Crippen LogP contribution is -2.10. The molecule has 0 aromatic heterocycles. The third-order valence-corrected chi connectivity index (χ3v) is 4.06. The van der Waals surface area contributed by atoms with Crippen LogP contribution in [-0.2, 0) is 12.8 Å². The zero-order valence-electron chi connectivity index (χ0n) is 11.3. The van der Waals surface area contributed by atoms with Gasteiger partial charge in [-0.25, -0.2) is 0 Å². The van der Waals surface area contributed by atoms with Crippen molar-refractivity contribution in [2.45, 2.75) is 47.0 Å². The standard InChI is InChI=1S/C16H22O/c1-5-11-7-8-12(6-2)13(9-11)15(17)14-10-16(14,3)4/h7-9,14H,5-6,10H2,1-4H3. The highest BCUT2D eigenvalue weighted by Crippen LogP contribution is 2.53. The van der Waals surface area contributed by atoms with Gasteiger partial charge in [-0.05, 0) is 41.9 Å². The van der Waals surface area contributed by atoms with E-state index in [9.17, 15) is 4.79 Å². The van der Waals surface area contributed by atoms with Gasteiger partial charge in [0.05, 0.1) is 0 Å². The summed E-state index contributed by atoms with van der Waals surface area (Å²) in [4.78, 5) is 12.5. The van der Waals surface area contributed by atoms with E-state index in [-0.39, 0.29) is 11.3 Å². The molecular weight excluding hydrogens is 208 g/mol. The van der Waals surface area contributed by atoms with Crippen molar-refractivity contribution in [3.05, 3.63) is 34.9 Å². The van der Waals surface area contributed by atoms with Gasteiger partial charge >= 0.3 is 0 Å². The summed E-state index contributed by atoms with van der Waals surface area (Å²) in [5.74, 6) is 0.613. The first-order chi connectivity index (χ1) is 7.99. The molecule has 0 amide bonds. The molecule has 0 spiro atoms. The van der Waals surface area contributed by atoms with Gasteiger partial charge in [0.1, 0.15) is 0 Å². The van der Waals surface area contributed by atoms with Gasteiger partial charge in [0.25, 0.3) is 0 Å². The van der Waals surface area contributed by atoms with Crippen LogP contribution >= 0.6 is 0 Å². The minimum atomic E-state index is 0.227. The molecule has 92 valence electrons. The van der Waals surface area contributed by atoms with E-state index in [0.717, 1.165) is 24.8 Å². The number of carbonyl (C=O) groups is 1. The van der Waals surface area contributed by atoms with Crippen molar-refractivity contribution in [1.82, 2.24) is 0 Å². The van der Waals surface area contributed by atoms with Crippen LogP contribution in [0.5, 0.6) is 0 Å². The molecule has 0 N–H and O–H groups in total. The molecule has 1 saturated carbocycles. The van der Waals surface area contributed by atoms with Crippen LogP contribution in [0.2, 0.25) is 0 Å². The summed E-state index contributed by atoms with van der Waals surface area (Å²) >= 11 is 0. The van der Waals surface area contributed by atoms with E-state index in [1.54, 1.807) is 0 Å². The van der Waals surface area contributed by atoms with Crippen LogP contribution in [0.3, 0.4) is 0 Å². The molecule has 2 rings (SSSR count). The highest BCUT2D eigenvalue weighted by molar-refractivity contribution is 6.01. The smallest absolute Gasteiger partial charge is 0.166 e. The molecule has 0 aliphatic heterocycles. The van der Waals surface area contributed by atoms with Gasteiger partial charge in [0.2, 0.25) is 0 Å². The molecular formula is C16H22O. The summed E-state index contributed by atoms with van der Waals surface area (Å²) in [5, 5.41) is 0. The Morgan fingerprint density at radius 3 is 2.41 bits per heavy atom. The van der Waals surface area contributed by atoms with Crippen molar-refractivity contribution in [3.8, 4) is 0 Å². The molecule has 0 saturated heterocycles. The fraction of sp³-hybridized carbons (Fsp3) is 0.562. The van der Waals surface area contributed by atoms with Crippen molar-refractivity contribution >= 4 is 5.78 Å². The molecule has 1 unspecified atom stereocenters. The van der Waals surface area contributed by atoms with Gasteiger partial charge < -0.3 is 0 Å². The fourth-order valence-electron chi connectivity index (χ4n) is 2.48. The van der Waals surface area contributed by atoms with Crippen LogP contribution in [0, 0.1) is 11.3 Å². The van der Waals surface area contributed by atoms with E-state index in [1.165, 1.54) is 11.1 Å². The maximum absolute atomic E-state index is 12.5. The average molecular weight is 230 g/mol. The Morgan fingerprint density at radius 1 is 1.29 bits per heavy atom. The van der Waals surface area contributed by atoms with E-state index in [1.807, 2.05) is 0 Å². The summed E-state index contributed by atoms with van der Waals surface area (Å²) in [5.41, 5.74) is 3.67. The predicted octanol–water partition coefficient (Wildman–Crippen LogP) is 4.04. The van der Waals surface area contributed by atoms with Crippen molar-refractivity contribution in [2.24, 2.45) is 11.3 Å². The Balaban J connectivity index is 2.33. The minimum absolute atomic E-state index is 0.227. The molecule has 1 heteroatoms. The Hall–Kier alpha value is -1.11. The summed E-state index contributed by atoms with van der Waals surface area (Å²) in [6.45, 7) is 8.63. The molecule has 17 heavy (non-hydrogen) atoms. The van der Waals surface area contributed by atoms with Gasteiger partial charge in [-0.2, -0.15) is 0 Å². The third kappa shape index (κ3) is 2.29. The highest BCUT2D eigenvalue weighted by atomic mass is 16.1. The van der Waals surface area contributed by atoms with Crippen molar-refractivity contribution < 1.29 is 4.79 Å². The molecule has 0 radical (unpaired) electrons. The normalized spacial score (nSPS) is 21.3. The summed E-state index contributed by atoms with van der Waals surface area (Å²) in [6.07, 6.45) is 2.99. The molecule has 0 heterocycles. The van der Waals surface area contributed by atoms with Gasteiger partial charge in [-0.1, -0.05) is 39.8 Å². The van der Waals surface area contributed by atoms with Crippen molar-refractivity contribution in [1.29, 1.82) is 0 Å². The topological polar surface area (TPSA) is 17.1 Å². The Labute approximate surface area is 104 Å². The fourth-order valence-corrected chi connectivity index (χ4v) is 2.48. The number of hydrogen-bond acceptors (Lipinski definition) is 1. The molecule has 1 aliphatic rings. The Kier molecular flexibility index (Phi) is 3.11. The number of rotatable bonds is 4. The SMILES string of the molecule is CCc1ccc(CC)c(C(=O)C2CC2(C)C)c1. The van der Waals surface area contributed by atoms with Crippen molar-refractivity contribution in [2.75, 3.05) is 0 Å². The average Bonchev–Trinajstić information content (AvgIpc) is 2.96. The number of aryl methyl sites for hydroxylation is 2. The third-order valence-electron chi connectivity index (χ3n) is 4.06. The second-order valence-electron chi connectivity index (χ2n) is 5.81. The number of carbonyl (C=O) groups excluding carboxylic acids is 1. The summed E-state index contributed by atoms with van der Waals surface area (Å²) in [7, 11) is 0. The summed E-state index contributed by atoms with van der Waals surface area (Å²) < 4.78 is 0. The largest absolute Gasteiger partial charge is 0.294 e. The molecule has 1 aromatic carbocycles. The number of benzene rings is 1. The zero-order chi connectivity index (χ0) is 12.6.